The van der Waals surface area contributed by atoms with Crippen LogP contribution in [0.2, 0.25) is 0 Å². The number of hydrogen-bond donors (Lipinski definition) is 1. The largest absolute Gasteiger partial charge is 0.359 e. The molecule has 4 nitrogen and oxygen atoms in total. The maximum absolute atomic E-state index is 11.9. The van der Waals surface area contributed by atoms with Gasteiger partial charge in [0.15, 0.2) is 0 Å². The van der Waals surface area contributed by atoms with Gasteiger partial charge in [0, 0.05) is 20.0 Å². The third kappa shape index (κ3) is 3.29. The van der Waals surface area contributed by atoms with Crippen molar-refractivity contribution >= 4 is 23.6 Å². The monoisotopic (exact) mass is 278 g/mol. The van der Waals surface area contributed by atoms with E-state index < -0.39 is 0 Å². The molecule has 0 unspecified atom stereocenters. The lowest BCUT2D eigenvalue weighted by molar-refractivity contribution is -0.129. The van der Waals surface area contributed by atoms with Crippen molar-refractivity contribution in [3.05, 3.63) is 35.4 Å². The molecular weight excluding hydrogens is 260 g/mol. The smallest absolute Gasteiger partial charge is 0.233 e. The first-order valence-electron chi connectivity index (χ1n) is 6.30. The average Bonchev–Trinajstić information content (AvgIpc) is 2.78. The minimum Gasteiger partial charge on any atom is -0.359 e. The molecule has 0 spiro atoms. The number of aryl methyl sites for hydroxylation is 1. The maximum atomic E-state index is 11.9. The number of benzene rings is 1. The number of nitrogens with zero attached hydrogens (tertiary/aromatic N) is 1. The zero-order valence-corrected chi connectivity index (χ0v) is 12.0. The second kappa shape index (κ2) is 6.10. The molecule has 102 valence electrons. The minimum atomic E-state index is -0.0349. The molecule has 1 aromatic carbocycles. The lowest BCUT2D eigenvalue weighted by Crippen LogP contribution is -2.32. The predicted octanol–water partition coefficient (Wildman–Crippen LogP) is 1.71. The number of thioether (sulfide) groups is 1. The van der Waals surface area contributed by atoms with Crippen molar-refractivity contribution in [3.8, 4) is 0 Å². The van der Waals surface area contributed by atoms with E-state index >= 15 is 0 Å². The molecule has 1 aliphatic rings. The van der Waals surface area contributed by atoms with Gasteiger partial charge in [-0.2, -0.15) is 0 Å². The van der Waals surface area contributed by atoms with Crippen molar-refractivity contribution in [2.45, 2.75) is 18.7 Å². The van der Waals surface area contributed by atoms with Gasteiger partial charge in [0.05, 0.1) is 5.75 Å². The Hall–Kier alpha value is -1.49. The van der Waals surface area contributed by atoms with Crippen molar-refractivity contribution in [2.75, 3.05) is 19.3 Å². The number of nitrogens with one attached hydrogen (secondary N) is 1. The molecule has 1 heterocycles. The van der Waals surface area contributed by atoms with Crippen LogP contribution < -0.4 is 5.32 Å². The van der Waals surface area contributed by atoms with Crippen LogP contribution in [0.15, 0.2) is 24.3 Å². The number of hydrogen-bond acceptors (Lipinski definition) is 3. The molecule has 2 rings (SSSR count). The molecule has 0 aliphatic carbocycles. The lowest BCUT2D eigenvalue weighted by Gasteiger charge is -2.24. The third-order valence-corrected chi connectivity index (χ3v) is 4.45. The molecule has 0 bridgehead atoms. The minimum absolute atomic E-state index is 0.0349. The van der Waals surface area contributed by atoms with Crippen molar-refractivity contribution in [2.24, 2.45) is 0 Å². The van der Waals surface area contributed by atoms with Crippen LogP contribution in [-0.2, 0) is 9.59 Å². The molecule has 0 radical (unpaired) electrons. The van der Waals surface area contributed by atoms with E-state index in [1.807, 2.05) is 6.92 Å². The maximum Gasteiger partial charge on any atom is 0.233 e. The van der Waals surface area contributed by atoms with E-state index in [0.29, 0.717) is 18.7 Å². The van der Waals surface area contributed by atoms with Gasteiger partial charge in [-0.05, 0) is 12.5 Å². The van der Waals surface area contributed by atoms with Crippen LogP contribution in [0.5, 0.6) is 0 Å². The van der Waals surface area contributed by atoms with E-state index in [1.54, 1.807) is 23.7 Å². The van der Waals surface area contributed by atoms with Gasteiger partial charge < -0.3 is 10.2 Å². The number of carbonyl (C=O) groups excluding carboxylic acids is 2. The van der Waals surface area contributed by atoms with Crippen LogP contribution in [-0.4, -0.2) is 36.1 Å². The fourth-order valence-electron chi connectivity index (χ4n) is 2.05. The van der Waals surface area contributed by atoms with E-state index in [9.17, 15) is 9.59 Å². The van der Waals surface area contributed by atoms with Gasteiger partial charge >= 0.3 is 0 Å². The lowest BCUT2D eigenvalue weighted by atomic mass is 10.1. The summed E-state index contributed by atoms with van der Waals surface area (Å²) in [6.45, 7) is 2.52. The van der Waals surface area contributed by atoms with Crippen molar-refractivity contribution in [3.63, 3.8) is 0 Å². The average molecular weight is 278 g/mol. The molecule has 1 N–H and O–H groups in total. The molecule has 5 heteroatoms. The predicted molar refractivity (Wildman–Crippen MR) is 76.8 cm³/mol. The van der Waals surface area contributed by atoms with Gasteiger partial charge in [0.2, 0.25) is 11.8 Å². The zero-order chi connectivity index (χ0) is 13.8. The number of amides is 2. The fourth-order valence-corrected chi connectivity index (χ4v) is 3.27. The van der Waals surface area contributed by atoms with Crippen LogP contribution in [0.3, 0.4) is 0 Å². The first-order valence-corrected chi connectivity index (χ1v) is 7.35. The summed E-state index contributed by atoms with van der Waals surface area (Å²) in [6, 6.07) is 8.21. The number of carbonyl (C=O) groups is 2. The molecule has 1 saturated heterocycles. The van der Waals surface area contributed by atoms with Crippen LogP contribution in [0.25, 0.3) is 0 Å². The Morgan fingerprint density at radius 3 is 2.74 bits per heavy atom. The highest BCUT2D eigenvalue weighted by Gasteiger charge is 2.32. The summed E-state index contributed by atoms with van der Waals surface area (Å²) in [6.07, 6.45) is 0.352. The first-order chi connectivity index (χ1) is 9.11. The summed E-state index contributed by atoms with van der Waals surface area (Å²) < 4.78 is 0. The zero-order valence-electron chi connectivity index (χ0n) is 11.2. The van der Waals surface area contributed by atoms with Gasteiger partial charge in [-0.3, -0.25) is 9.59 Å². The normalized spacial score (nSPS) is 18.7. The van der Waals surface area contributed by atoms with E-state index in [0.717, 1.165) is 5.56 Å². The summed E-state index contributed by atoms with van der Waals surface area (Å²) in [5, 5.41) is 2.62. The second-order valence-corrected chi connectivity index (χ2v) is 5.65. The molecule has 1 atom stereocenters. The molecule has 1 fully saturated rings. The quantitative estimate of drug-likeness (QED) is 0.912. The second-order valence-electron chi connectivity index (χ2n) is 4.58. The highest BCUT2D eigenvalue weighted by molar-refractivity contribution is 8.00. The summed E-state index contributed by atoms with van der Waals surface area (Å²) >= 11 is 1.62. The van der Waals surface area contributed by atoms with E-state index in [-0.39, 0.29) is 17.2 Å². The SMILES string of the molecule is CNC(=O)CCN1C(=O)CS[C@H]1c1ccc(C)cc1. The highest BCUT2D eigenvalue weighted by atomic mass is 32.2. The Morgan fingerprint density at radius 1 is 1.42 bits per heavy atom. The molecule has 2 amide bonds. The summed E-state index contributed by atoms with van der Waals surface area (Å²) in [5.74, 6) is 0.568. The van der Waals surface area contributed by atoms with Crippen molar-refractivity contribution < 1.29 is 9.59 Å². The molecule has 1 aliphatic heterocycles. The number of rotatable bonds is 4. The van der Waals surface area contributed by atoms with Gasteiger partial charge in [0.25, 0.3) is 0 Å². The Labute approximate surface area is 117 Å². The van der Waals surface area contributed by atoms with Crippen LogP contribution in [0, 0.1) is 6.92 Å². The summed E-state index contributed by atoms with van der Waals surface area (Å²) in [7, 11) is 1.61. The third-order valence-electron chi connectivity index (χ3n) is 3.19. The fraction of sp³-hybridized carbons (Fsp3) is 0.429. The first kappa shape index (κ1) is 13.9. The van der Waals surface area contributed by atoms with E-state index in [4.69, 9.17) is 0 Å². The molecule has 0 saturated carbocycles. The Bertz CT molecular complexity index is 473. The van der Waals surface area contributed by atoms with E-state index in [1.165, 1.54) is 5.56 Å². The van der Waals surface area contributed by atoms with Crippen LogP contribution >= 0.6 is 11.8 Å². The molecule has 19 heavy (non-hydrogen) atoms. The molecular formula is C14H18N2O2S. The topological polar surface area (TPSA) is 49.4 Å². The molecule has 0 aromatic heterocycles. The summed E-state index contributed by atoms with van der Waals surface area (Å²) in [5.41, 5.74) is 2.33. The Kier molecular flexibility index (Phi) is 4.47. The Morgan fingerprint density at radius 2 is 2.11 bits per heavy atom. The van der Waals surface area contributed by atoms with Gasteiger partial charge in [0.1, 0.15) is 5.37 Å². The van der Waals surface area contributed by atoms with Gasteiger partial charge in [-0.15, -0.1) is 11.8 Å². The van der Waals surface area contributed by atoms with E-state index in [2.05, 4.69) is 29.6 Å². The highest BCUT2D eigenvalue weighted by Crippen LogP contribution is 2.38. The van der Waals surface area contributed by atoms with Crippen LogP contribution in [0.1, 0.15) is 22.9 Å². The Balaban J connectivity index is 2.08. The summed E-state index contributed by atoms with van der Waals surface area (Å²) in [4.78, 5) is 25.0. The van der Waals surface area contributed by atoms with Gasteiger partial charge in [-0.1, -0.05) is 29.8 Å². The van der Waals surface area contributed by atoms with Crippen LogP contribution in [0.4, 0.5) is 0 Å². The van der Waals surface area contributed by atoms with Gasteiger partial charge in [-0.25, -0.2) is 0 Å². The molecule has 1 aromatic rings. The van der Waals surface area contributed by atoms with Crippen molar-refractivity contribution in [1.29, 1.82) is 0 Å². The van der Waals surface area contributed by atoms with Crippen molar-refractivity contribution in [1.82, 2.24) is 10.2 Å². The standard InChI is InChI=1S/C14H18N2O2S/c1-10-3-5-11(6-4-10)14-16(13(18)9-19-14)8-7-12(17)15-2/h3-6,14H,7-9H2,1-2H3,(H,15,17)/t14-/m0/s1.